The molecular weight excluding hydrogens is 765 g/mol. The van der Waals surface area contributed by atoms with Gasteiger partial charge in [0.25, 0.3) is 0 Å². The number of ether oxygens (including phenoxy) is 2. The Bertz CT molecular complexity index is 1260. The smallest absolute Gasteiger partial charge is 0.443 e. The summed E-state index contributed by atoms with van der Waals surface area (Å²) in [7, 11) is 1.69. The van der Waals surface area contributed by atoms with Crippen LogP contribution in [-0.2, 0) is 27.6 Å². The molecule has 1 fully saturated rings. The van der Waals surface area contributed by atoms with Gasteiger partial charge in [-0.15, -0.1) is 11.8 Å². The summed E-state index contributed by atoms with van der Waals surface area (Å²) in [6.07, 6.45) is -2.51. The monoisotopic (exact) mass is 811 g/mol. The molecule has 14 nitrogen and oxygen atoms in total. The molecule has 0 saturated carbocycles. The maximum Gasteiger partial charge on any atom is 0.474 e. The molecule has 0 radical (unpaired) electrons. The topological polar surface area (TPSA) is 176 Å². The lowest BCUT2D eigenvalue weighted by molar-refractivity contribution is 0.0428. The highest BCUT2D eigenvalue weighted by molar-refractivity contribution is 8.77. The maximum atomic E-state index is 15.7. The number of rotatable bonds is 19. The van der Waals surface area contributed by atoms with Crippen LogP contribution in [0, 0.1) is 5.92 Å². The van der Waals surface area contributed by atoms with E-state index in [1.54, 1.807) is 48.5 Å². The second-order valence-electron chi connectivity index (χ2n) is 12.3. The van der Waals surface area contributed by atoms with Gasteiger partial charge in [0, 0.05) is 40.4 Å². The van der Waals surface area contributed by atoms with E-state index in [1.807, 2.05) is 0 Å². The zero-order chi connectivity index (χ0) is 36.8. The fraction of sp³-hybridized carbons (Fsp3) is 0.786. The normalized spacial score (nSPS) is 20.0. The molecule has 49 heavy (non-hydrogen) atoms. The predicted molar refractivity (Wildman–Crippen MR) is 197 cm³/mol. The minimum absolute atomic E-state index is 0.0337. The Morgan fingerprint density at radius 1 is 0.939 bits per heavy atom. The van der Waals surface area contributed by atoms with Crippen LogP contribution in [0.2, 0.25) is 0 Å². The number of nitrogens with zero attached hydrogens (tertiary/aromatic N) is 3. The lowest BCUT2D eigenvalue weighted by atomic mass is 10.0. The molecule has 282 valence electrons. The lowest BCUT2D eigenvalue weighted by Crippen LogP contribution is -2.45. The van der Waals surface area contributed by atoms with Crippen LogP contribution in [0.15, 0.2) is 17.1 Å². The fourth-order valence-electron chi connectivity index (χ4n) is 3.80. The van der Waals surface area contributed by atoms with Gasteiger partial charge in [-0.05, 0) is 47.6 Å². The van der Waals surface area contributed by atoms with Crippen molar-refractivity contribution in [3.05, 3.63) is 22.7 Å². The molecule has 4 atom stereocenters. The third kappa shape index (κ3) is 15.9. The minimum Gasteiger partial charge on any atom is -0.443 e. The average Bonchev–Trinajstić information content (AvgIpc) is 3.26. The first kappa shape index (κ1) is 44.5. The quantitative estimate of drug-likeness (QED) is 0.0889. The van der Waals surface area contributed by atoms with Gasteiger partial charge in [0.05, 0.1) is 33.0 Å². The summed E-state index contributed by atoms with van der Waals surface area (Å²) >= 11 is 1.08. The van der Waals surface area contributed by atoms with Crippen LogP contribution in [0.5, 0.6) is 0 Å². The van der Waals surface area contributed by atoms with E-state index in [4.69, 9.17) is 33.3 Å². The third-order valence-corrected chi connectivity index (χ3v) is 13.7. The predicted octanol–water partition coefficient (Wildman–Crippen LogP) is 6.41. The number of imide groups is 1. The van der Waals surface area contributed by atoms with Crippen LogP contribution in [0.4, 0.5) is 19.8 Å². The number of hydrogen-bond acceptors (Lipinski definition) is 17. The summed E-state index contributed by atoms with van der Waals surface area (Å²) in [4.78, 5) is 43.6. The van der Waals surface area contributed by atoms with Crippen LogP contribution in [0.1, 0.15) is 53.8 Å². The molecule has 0 spiro atoms. The molecule has 0 aliphatic carbocycles. The number of anilines is 1. The Hall–Kier alpha value is -0.670. The molecule has 2 rings (SSSR count). The van der Waals surface area contributed by atoms with Gasteiger partial charge >= 0.3 is 25.7 Å². The highest BCUT2D eigenvalue weighted by atomic mass is 33.1. The van der Waals surface area contributed by atoms with Crippen LogP contribution >= 0.6 is 62.8 Å². The molecule has 1 aromatic rings. The molecule has 2 amide bonds. The van der Waals surface area contributed by atoms with Gasteiger partial charge in [-0.2, -0.15) is 9.88 Å². The van der Waals surface area contributed by atoms with Crippen molar-refractivity contribution in [3.63, 3.8) is 0 Å². The Kier molecular flexibility index (Phi) is 19.2. The van der Waals surface area contributed by atoms with E-state index >= 15 is 4.39 Å². The van der Waals surface area contributed by atoms with Crippen molar-refractivity contribution < 1.29 is 51.8 Å². The summed E-state index contributed by atoms with van der Waals surface area (Å²) in [6.45, 7) is 11.3. The molecule has 1 aromatic heterocycles. The number of alkyl halides is 1. The first-order chi connectivity index (χ1) is 22.9. The molecule has 1 saturated heterocycles. The van der Waals surface area contributed by atoms with E-state index in [0.29, 0.717) is 27.9 Å². The number of aliphatic hydroxyl groups is 2. The Balaban J connectivity index is 2.19. The van der Waals surface area contributed by atoms with Crippen LogP contribution < -0.4 is 10.6 Å². The molecule has 2 heterocycles. The number of carbonyl (C=O) groups is 2. The minimum atomic E-state index is -4.05. The number of phosphoric ester groups is 1. The van der Waals surface area contributed by atoms with Crippen molar-refractivity contribution in [1.82, 2.24) is 9.55 Å². The first-order valence-electron chi connectivity index (χ1n) is 15.3. The summed E-state index contributed by atoms with van der Waals surface area (Å²) in [5, 5.41) is 16.3. The second kappa shape index (κ2) is 21.1. The Morgan fingerprint density at radius 2 is 1.43 bits per heavy atom. The average molecular weight is 812 g/mol. The standard InChI is InChI=1S/C28H47FN3O11PS5/c1-19-20(18-41-44(38,39-12-16-47-45-14-10-33)40-13-17-48-46-15-11-34)49-23(22(19)29)31-9-8-21(30-24(31)35)32(25(36)42-27(2,3)4)26(37)43-28(5,6)7/h8-9,19-20,22-23,33-34H,10-18H2,1-7H3/t19-,20-,22+,23-/m1/s1. The molecule has 1 aliphatic rings. The Morgan fingerprint density at radius 3 is 1.88 bits per heavy atom. The number of thioether (sulfide) groups is 1. The van der Waals surface area contributed by atoms with Crippen molar-refractivity contribution >= 4 is 80.8 Å². The zero-order valence-electron chi connectivity index (χ0n) is 28.6. The third-order valence-electron chi connectivity index (χ3n) is 5.89. The number of hydrogen-bond donors (Lipinski definition) is 2. The van der Waals surface area contributed by atoms with E-state index in [9.17, 15) is 18.9 Å². The SMILES string of the molecule is C[C@H]1[C@H](F)[C@H](n2ccc(N(C(=O)OC(C)(C)C)C(=O)OC(C)(C)C)nc2=O)S[C@@H]1COP(=O)(OCCSSCCO)OCCSSCCO. The number of amides is 2. The van der Waals surface area contributed by atoms with Gasteiger partial charge in [-0.3, -0.25) is 18.1 Å². The van der Waals surface area contributed by atoms with Crippen molar-refractivity contribution in [2.24, 2.45) is 5.92 Å². The van der Waals surface area contributed by atoms with Gasteiger partial charge in [0.15, 0.2) is 5.82 Å². The summed E-state index contributed by atoms with van der Waals surface area (Å²) in [5.41, 5.74) is -2.87. The van der Waals surface area contributed by atoms with Crippen molar-refractivity contribution in [2.45, 2.75) is 76.5 Å². The molecule has 21 heteroatoms. The van der Waals surface area contributed by atoms with Gasteiger partial charge in [0.2, 0.25) is 0 Å². The van der Waals surface area contributed by atoms with Gasteiger partial charge in [-0.1, -0.05) is 50.1 Å². The van der Waals surface area contributed by atoms with E-state index in [-0.39, 0.29) is 38.9 Å². The summed E-state index contributed by atoms with van der Waals surface area (Å²) in [6, 6.07) is 1.22. The molecule has 0 aromatic carbocycles. The number of phosphoric acid groups is 1. The Labute approximate surface area is 306 Å². The number of carbonyl (C=O) groups excluding carboxylic acids is 2. The van der Waals surface area contributed by atoms with E-state index in [0.717, 1.165) is 16.3 Å². The lowest BCUT2D eigenvalue weighted by Gasteiger charge is -2.28. The summed E-state index contributed by atoms with van der Waals surface area (Å²) in [5.74, 6) is 0.979. The fourth-order valence-corrected chi connectivity index (χ4v) is 10.1. The zero-order valence-corrected chi connectivity index (χ0v) is 33.6. The summed E-state index contributed by atoms with van der Waals surface area (Å²) < 4.78 is 57.7. The van der Waals surface area contributed by atoms with Crippen LogP contribution in [-0.4, -0.2) is 111 Å². The highest BCUT2D eigenvalue weighted by Crippen LogP contribution is 2.53. The van der Waals surface area contributed by atoms with E-state index < -0.39 is 59.6 Å². The van der Waals surface area contributed by atoms with Crippen LogP contribution in [0.3, 0.4) is 0 Å². The molecule has 2 N–H and O–H groups in total. The van der Waals surface area contributed by atoms with Gasteiger partial charge in [0.1, 0.15) is 22.7 Å². The van der Waals surface area contributed by atoms with Crippen LogP contribution in [0.25, 0.3) is 0 Å². The maximum absolute atomic E-state index is 15.7. The molecule has 0 unspecified atom stereocenters. The van der Waals surface area contributed by atoms with Crippen molar-refractivity contribution in [3.8, 4) is 0 Å². The number of aromatic nitrogens is 2. The molecule has 1 aliphatic heterocycles. The van der Waals surface area contributed by atoms with Gasteiger partial charge in [-0.25, -0.2) is 23.3 Å². The second-order valence-corrected chi connectivity index (χ2v) is 20.7. The number of aliphatic hydroxyl groups excluding tert-OH is 2. The molecular formula is C28H47FN3O11PS5. The van der Waals surface area contributed by atoms with E-state index in [2.05, 4.69) is 4.98 Å². The van der Waals surface area contributed by atoms with Gasteiger partial charge < -0.3 is 19.7 Å². The molecule has 0 bridgehead atoms. The van der Waals surface area contributed by atoms with E-state index in [1.165, 1.54) is 55.4 Å². The largest absolute Gasteiger partial charge is 0.474 e. The number of halogens is 1. The highest BCUT2D eigenvalue weighted by Gasteiger charge is 2.45. The van der Waals surface area contributed by atoms with Crippen molar-refractivity contribution in [1.29, 1.82) is 0 Å². The van der Waals surface area contributed by atoms with Crippen molar-refractivity contribution in [2.75, 3.05) is 60.9 Å². The first-order valence-corrected chi connectivity index (χ1v) is 22.7.